The zero-order valence-corrected chi connectivity index (χ0v) is 14.8. The van der Waals surface area contributed by atoms with Gasteiger partial charge in [0, 0.05) is 12.6 Å². The van der Waals surface area contributed by atoms with Gasteiger partial charge in [0.25, 0.3) is 0 Å². The van der Waals surface area contributed by atoms with E-state index >= 15 is 0 Å². The Morgan fingerprint density at radius 2 is 2.08 bits per heavy atom. The fraction of sp³-hybridized carbons (Fsp3) is 0.381. The van der Waals surface area contributed by atoms with Crippen molar-refractivity contribution in [3.63, 3.8) is 0 Å². The number of ether oxygens (including phenoxy) is 1. The number of nitriles is 1. The molecule has 4 rings (SSSR count). The van der Waals surface area contributed by atoms with Crippen LogP contribution in [-0.2, 0) is 6.42 Å². The molecule has 0 aromatic heterocycles. The second-order valence-electron chi connectivity index (χ2n) is 7.27. The quantitative estimate of drug-likeness (QED) is 0.864. The summed E-state index contributed by atoms with van der Waals surface area (Å²) in [5.41, 5.74) is 9.78. The minimum atomic E-state index is -0.104. The van der Waals surface area contributed by atoms with Crippen LogP contribution in [0.15, 0.2) is 42.5 Å². The van der Waals surface area contributed by atoms with Gasteiger partial charge in [-0.2, -0.15) is 5.26 Å². The van der Waals surface area contributed by atoms with E-state index in [0.717, 1.165) is 32.4 Å². The van der Waals surface area contributed by atoms with E-state index in [1.807, 2.05) is 6.07 Å². The lowest BCUT2D eigenvalue weighted by atomic mass is 9.94. The molecule has 0 unspecified atom stereocenters. The summed E-state index contributed by atoms with van der Waals surface area (Å²) in [6, 6.07) is 16.3. The van der Waals surface area contributed by atoms with Crippen LogP contribution in [0.5, 0.6) is 5.75 Å². The normalized spacial score (nSPS) is 25.5. The number of fused-ring (bicyclic) bond motifs is 1. The zero-order chi connectivity index (χ0) is 18.1. The average molecular weight is 343 g/mol. The number of benzene rings is 2. The Balaban J connectivity index is 1.67. The summed E-state index contributed by atoms with van der Waals surface area (Å²) in [7, 11) is 5.82. The van der Waals surface area contributed by atoms with Crippen molar-refractivity contribution in [1.29, 1.82) is 5.26 Å². The molecule has 1 saturated heterocycles. The van der Waals surface area contributed by atoms with Crippen molar-refractivity contribution in [2.75, 3.05) is 13.1 Å². The summed E-state index contributed by atoms with van der Waals surface area (Å²) < 4.78 is 6.42. The third-order valence-electron chi connectivity index (χ3n) is 5.48. The summed E-state index contributed by atoms with van der Waals surface area (Å²) >= 11 is 0. The van der Waals surface area contributed by atoms with E-state index in [9.17, 15) is 5.26 Å². The van der Waals surface area contributed by atoms with Gasteiger partial charge in [-0.15, -0.1) is 0 Å². The maximum absolute atomic E-state index is 9.45. The van der Waals surface area contributed by atoms with Crippen LogP contribution in [-0.4, -0.2) is 37.9 Å². The maximum Gasteiger partial charge on any atom is 0.140 e. The molecule has 0 amide bonds. The minimum absolute atomic E-state index is 0.104. The van der Waals surface area contributed by atoms with Crippen LogP contribution < -0.4 is 15.9 Å². The van der Waals surface area contributed by atoms with E-state index in [-0.39, 0.29) is 18.2 Å². The Hall–Kier alpha value is -2.29. The molecule has 2 aromatic rings. The number of hydrogen-bond acceptors (Lipinski definition) is 4. The molecule has 26 heavy (non-hydrogen) atoms. The first-order valence-electron chi connectivity index (χ1n) is 9.19. The van der Waals surface area contributed by atoms with E-state index in [4.69, 9.17) is 18.3 Å². The number of rotatable bonds is 3. The van der Waals surface area contributed by atoms with Crippen molar-refractivity contribution < 1.29 is 4.74 Å². The standard InChI is InChI=1S/C21H22BN3O/c22-16-7-8-20(15(10-16)12-23)26-21-18-6-2-1-4-14(18)11-19(21)25-9-3-5-17(24)13-25/h1-2,4,6-8,10,17,19,21H,3,5,9,11,13,24H2/t17-,19+,21+/m0/s1. The smallest absolute Gasteiger partial charge is 0.140 e. The van der Waals surface area contributed by atoms with Gasteiger partial charge in [-0.1, -0.05) is 35.8 Å². The molecule has 130 valence electrons. The average Bonchev–Trinajstić information content (AvgIpc) is 3.02. The van der Waals surface area contributed by atoms with E-state index in [2.05, 4.69) is 29.2 Å². The van der Waals surface area contributed by atoms with Crippen LogP contribution in [0.3, 0.4) is 0 Å². The highest BCUT2D eigenvalue weighted by atomic mass is 16.5. The topological polar surface area (TPSA) is 62.3 Å². The molecule has 4 nitrogen and oxygen atoms in total. The lowest BCUT2D eigenvalue weighted by Crippen LogP contribution is -2.49. The van der Waals surface area contributed by atoms with E-state index in [1.165, 1.54) is 11.1 Å². The number of piperidine rings is 1. The van der Waals surface area contributed by atoms with E-state index < -0.39 is 0 Å². The Morgan fingerprint density at radius 1 is 1.23 bits per heavy atom. The second kappa shape index (κ2) is 7.15. The second-order valence-corrected chi connectivity index (χ2v) is 7.27. The van der Waals surface area contributed by atoms with Gasteiger partial charge in [-0.25, -0.2) is 0 Å². The molecule has 1 aliphatic carbocycles. The molecule has 1 aliphatic heterocycles. The van der Waals surface area contributed by atoms with Crippen LogP contribution in [0.1, 0.15) is 35.6 Å². The van der Waals surface area contributed by atoms with Gasteiger partial charge in [0.2, 0.25) is 0 Å². The molecule has 5 heteroatoms. The van der Waals surface area contributed by atoms with Crippen molar-refractivity contribution >= 4 is 13.3 Å². The van der Waals surface area contributed by atoms with Crippen LogP contribution in [0.2, 0.25) is 0 Å². The number of hydrogen-bond donors (Lipinski definition) is 1. The first-order chi connectivity index (χ1) is 12.7. The Labute approximate surface area is 156 Å². The van der Waals surface area contributed by atoms with E-state index in [0.29, 0.717) is 16.8 Å². The van der Waals surface area contributed by atoms with Gasteiger partial charge in [0.15, 0.2) is 0 Å². The third-order valence-corrected chi connectivity index (χ3v) is 5.48. The predicted molar refractivity (Wildman–Crippen MR) is 103 cm³/mol. The third kappa shape index (κ3) is 3.23. The molecule has 0 spiro atoms. The highest BCUT2D eigenvalue weighted by molar-refractivity contribution is 6.32. The molecule has 2 aromatic carbocycles. The van der Waals surface area contributed by atoms with Crippen LogP contribution in [0.4, 0.5) is 0 Å². The molecule has 2 N–H and O–H groups in total. The molecule has 1 heterocycles. The predicted octanol–water partition coefficient (Wildman–Crippen LogP) is 1.82. The fourth-order valence-corrected chi connectivity index (χ4v) is 4.22. The summed E-state index contributed by atoms with van der Waals surface area (Å²) in [5.74, 6) is 0.592. The van der Waals surface area contributed by atoms with Gasteiger partial charge in [-0.05, 0) is 49.1 Å². The SMILES string of the molecule is [B]c1ccc(O[C@@H]2c3ccccc3C[C@H]2N2CCC[C@H](N)C2)c(C#N)c1. The van der Waals surface area contributed by atoms with Crippen molar-refractivity contribution in [2.45, 2.75) is 37.5 Å². The maximum atomic E-state index is 9.45. The summed E-state index contributed by atoms with van der Waals surface area (Å²) in [6.45, 7) is 1.93. The van der Waals surface area contributed by atoms with Crippen molar-refractivity contribution in [2.24, 2.45) is 5.73 Å². The number of nitrogens with two attached hydrogens (primary N) is 1. The highest BCUT2D eigenvalue weighted by Gasteiger charge is 2.39. The van der Waals surface area contributed by atoms with Crippen LogP contribution >= 0.6 is 0 Å². The summed E-state index contributed by atoms with van der Waals surface area (Å²) in [5, 5.41) is 9.45. The van der Waals surface area contributed by atoms with Gasteiger partial charge in [0.1, 0.15) is 25.8 Å². The lowest BCUT2D eigenvalue weighted by Gasteiger charge is -2.38. The number of likely N-dealkylation sites (tertiary alicyclic amines) is 1. The van der Waals surface area contributed by atoms with Gasteiger partial charge < -0.3 is 10.5 Å². The Bertz CT molecular complexity index is 847. The molecule has 2 aliphatic rings. The van der Waals surface area contributed by atoms with Crippen molar-refractivity contribution in [3.05, 3.63) is 59.2 Å². The van der Waals surface area contributed by atoms with Crippen LogP contribution in [0, 0.1) is 11.3 Å². The Morgan fingerprint density at radius 3 is 2.88 bits per heavy atom. The van der Waals surface area contributed by atoms with Crippen molar-refractivity contribution in [3.8, 4) is 11.8 Å². The van der Waals surface area contributed by atoms with Gasteiger partial charge in [0.05, 0.1) is 11.6 Å². The molecule has 0 saturated carbocycles. The highest BCUT2D eigenvalue weighted by Crippen LogP contribution is 2.39. The number of nitrogens with zero attached hydrogens (tertiary/aromatic N) is 2. The zero-order valence-electron chi connectivity index (χ0n) is 14.8. The Kier molecular flexibility index (Phi) is 4.71. The summed E-state index contributed by atoms with van der Waals surface area (Å²) in [4.78, 5) is 2.46. The monoisotopic (exact) mass is 343 g/mol. The summed E-state index contributed by atoms with van der Waals surface area (Å²) in [6.07, 6.45) is 3.04. The molecular weight excluding hydrogens is 321 g/mol. The first kappa shape index (κ1) is 17.1. The molecule has 1 fully saturated rings. The van der Waals surface area contributed by atoms with E-state index in [1.54, 1.807) is 18.2 Å². The molecule has 0 bridgehead atoms. The fourth-order valence-electron chi connectivity index (χ4n) is 4.22. The van der Waals surface area contributed by atoms with Gasteiger partial charge in [-0.3, -0.25) is 4.90 Å². The first-order valence-corrected chi connectivity index (χ1v) is 9.19. The largest absolute Gasteiger partial charge is 0.483 e. The van der Waals surface area contributed by atoms with Gasteiger partial charge >= 0.3 is 0 Å². The van der Waals surface area contributed by atoms with Crippen LogP contribution in [0.25, 0.3) is 0 Å². The van der Waals surface area contributed by atoms with Crippen molar-refractivity contribution in [1.82, 2.24) is 4.90 Å². The molecule has 2 radical (unpaired) electrons. The molecular formula is C21H22BN3O. The molecule has 3 atom stereocenters. The minimum Gasteiger partial charge on any atom is -0.483 e. The lowest BCUT2D eigenvalue weighted by molar-refractivity contribution is 0.0592.